The van der Waals surface area contributed by atoms with Crippen LogP contribution < -0.4 is 0 Å². The van der Waals surface area contributed by atoms with Gasteiger partial charge < -0.3 is 5.11 Å². The molecule has 0 heterocycles. The number of hydrogen-bond donors (Lipinski definition) is 1. The third-order valence-electron chi connectivity index (χ3n) is 4.85. The number of hydrogen-bond acceptors (Lipinski definition) is 1. The van der Waals surface area contributed by atoms with E-state index >= 15 is 0 Å². The topological polar surface area (TPSA) is 20.2 Å². The molecule has 0 bridgehead atoms. The van der Waals surface area contributed by atoms with E-state index in [-0.39, 0.29) is 6.10 Å². The van der Waals surface area contributed by atoms with Crippen molar-refractivity contribution in [2.24, 2.45) is 17.3 Å². The minimum Gasteiger partial charge on any atom is -0.393 e. The van der Waals surface area contributed by atoms with Crippen molar-refractivity contribution < 1.29 is 5.11 Å². The van der Waals surface area contributed by atoms with Crippen molar-refractivity contribution in [3.63, 3.8) is 0 Å². The lowest BCUT2D eigenvalue weighted by Gasteiger charge is -2.40. The van der Waals surface area contributed by atoms with Crippen LogP contribution in [0.4, 0.5) is 0 Å². The summed E-state index contributed by atoms with van der Waals surface area (Å²) < 4.78 is 0. The van der Waals surface area contributed by atoms with Crippen LogP contribution >= 0.6 is 0 Å². The third kappa shape index (κ3) is 5.30. The zero-order chi connectivity index (χ0) is 13.6. The highest BCUT2D eigenvalue weighted by Crippen LogP contribution is 2.41. The maximum atomic E-state index is 10.2. The van der Waals surface area contributed by atoms with Gasteiger partial charge in [0.1, 0.15) is 0 Å². The van der Waals surface area contributed by atoms with Gasteiger partial charge in [0.05, 0.1) is 6.10 Å². The van der Waals surface area contributed by atoms with Crippen LogP contribution in [0.1, 0.15) is 85.5 Å². The normalized spacial score (nSPS) is 29.5. The minimum atomic E-state index is -0.0187. The van der Waals surface area contributed by atoms with Crippen LogP contribution in [0.3, 0.4) is 0 Å². The van der Waals surface area contributed by atoms with Crippen LogP contribution in [-0.2, 0) is 0 Å². The summed E-state index contributed by atoms with van der Waals surface area (Å²) in [7, 11) is 0. The first-order valence-electron chi connectivity index (χ1n) is 8.13. The predicted molar refractivity (Wildman–Crippen MR) is 79.7 cm³/mol. The Bertz CT molecular complexity index is 216. The van der Waals surface area contributed by atoms with Crippen LogP contribution in [0.5, 0.6) is 0 Å². The monoisotopic (exact) mass is 254 g/mol. The van der Waals surface area contributed by atoms with E-state index in [1.165, 1.54) is 51.4 Å². The van der Waals surface area contributed by atoms with Crippen molar-refractivity contribution in [2.45, 2.75) is 91.6 Å². The molecular formula is C17H34O. The van der Waals surface area contributed by atoms with Gasteiger partial charge in [0.15, 0.2) is 0 Å². The molecule has 3 atom stereocenters. The molecule has 3 unspecified atom stereocenters. The number of aliphatic hydroxyl groups excluding tert-OH is 1. The zero-order valence-electron chi connectivity index (χ0n) is 13.0. The van der Waals surface area contributed by atoms with Gasteiger partial charge in [-0.15, -0.1) is 0 Å². The summed E-state index contributed by atoms with van der Waals surface area (Å²) in [6.45, 7) is 9.33. The molecular weight excluding hydrogens is 220 g/mol. The Balaban J connectivity index is 2.29. The van der Waals surface area contributed by atoms with E-state index in [4.69, 9.17) is 0 Å². The Labute approximate surface area is 114 Å². The largest absolute Gasteiger partial charge is 0.393 e. The van der Waals surface area contributed by atoms with E-state index in [1.54, 1.807) is 0 Å². The molecule has 1 aliphatic carbocycles. The van der Waals surface area contributed by atoms with Gasteiger partial charge in [0, 0.05) is 0 Å². The van der Waals surface area contributed by atoms with Gasteiger partial charge in [-0.3, -0.25) is 0 Å². The molecule has 1 N–H and O–H groups in total. The Morgan fingerprint density at radius 1 is 1.00 bits per heavy atom. The van der Waals surface area contributed by atoms with E-state index in [9.17, 15) is 5.11 Å². The standard InChI is InChI=1S/C17H34O/c1-5-6-7-8-9-10-14-13-15(17(2,3)4)11-12-16(14)18/h14-16,18H,5-13H2,1-4H3. The highest BCUT2D eigenvalue weighted by atomic mass is 16.3. The van der Waals surface area contributed by atoms with Crippen molar-refractivity contribution in [3.05, 3.63) is 0 Å². The molecule has 18 heavy (non-hydrogen) atoms. The molecule has 1 rings (SSSR count). The fourth-order valence-corrected chi connectivity index (χ4v) is 3.35. The summed E-state index contributed by atoms with van der Waals surface area (Å²) in [5, 5.41) is 10.2. The summed E-state index contributed by atoms with van der Waals surface area (Å²) in [6.07, 6.45) is 11.5. The first-order chi connectivity index (χ1) is 8.45. The maximum Gasteiger partial charge on any atom is 0.0568 e. The molecule has 1 heteroatoms. The SMILES string of the molecule is CCCCCCCC1CC(C(C)(C)C)CCC1O. The fraction of sp³-hybridized carbons (Fsp3) is 1.00. The van der Waals surface area contributed by atoms with Gasteiger partial charge in [-0.2, -0.15) is 0 Å². The van der Waals surface area contributed by atoms with E-state index in [0.29, 0.717) is 11.3 Å². The van der Waals surface area contributed by atoms with E-state index in [0.717, 1.165) is 12.3 Å². The second-order valence-electron chi connectivity index (χ2n) is 7.41. The smallest absolute Gasteiger partial charge is 0.0568 e. The van der Waals surface area contributed by atoms with E-state index in [1.807, 2.05) is 0 Å². The molecule has 1 saturated carbocycles. The van der Waals surface area contributed by atoms with Gasteiger partial charge in [-0.1, -0.05) is 59.8 Å². The Morgan fingerprint density at radius 2 is 1.67 bits per heavy atom. The Morgan fingerprint density at radius 3 is 2.28 bits per heavy atom. The second kappa shape index (κ2) is 7.53. The third-order valence-corrected chi connectivity index (χ3v) is 4.85. The molecule has 0 aliphatic heterocycles. The van der Waals surface area contributed by atoms with Crippen LogP contribution in [0.25, 0.3) is 0 Å². The lowest BCUT2D eigenvalue weighted by Crippen LogP contribution is -2.34. The number of unbranched alkanes of at least 4 members (excludes halogenated alkanes) is 4. The first kappa shape index (κ1) is 16.0. The summed E-state index contributed by atoms with van der Waals surface area (Å²) in [5.74, 6) is 1.38. The van der Waals surface area contributed by atoms with Crippen molar-refractivity contribution in [3.8, 4) is 0 Å². The van der Waals surface area contributed by atoms with Gasteiger partial charge in [-0.25, -0.2) is 0 Å². The van der Waals surface area contributed by atoms with E-state index in [2.05, 4.69) is 27.7 Å². The highest BCUT2D eigenvalue weighted by Gasteiger charge is 2.34. The van der Waals surface area contributed by atoms with Crippen LogP contribution in [0.2, 0.25) is 0 Å². The van der Waals surface area contributed by atoms with E-state index < -0.39 is 0 Å². The lowest BCUT2D eigenvalue weighted by molar-refractivity contribution is 0.0148. The molecule has 0 aromatic rings. The molecule has 1 nitrogen and oxygen atoms in total. The van der Waals surface area contributed by atoms with Crippen LogP contribution in [0, 0.1) is 17.3 Å². The summed E-state index contributed by atoms with van der Waals surface area (Å²) >= 11 is 0. The van der Waals surface area contributed by atoms with Gasteiger partial charge in [0.25, 0.3) is 0 Å². The molecule has 0 radical (unpaired) electrons. The predicted octanol–water partition coefficient (Wildman–Crippen LogP) is 5.17. The lowest BCUT2D eigenvalue weighted by atomic mass is 9.67. The second-order valence-corrected chi connectivity index (χ2v) is 7.41. The summed E-state index contributed by atoms with van der Waals surface area (Å²) in [4.78, 5) is 0. The van der Waals surface area contributed by atoms with Gasteiger partial charge >= 0.3 is 0 Å². The molecule has 0 aromatic heterocycles. The van der Waals surface area contributed by atoms with Crippen LogP contribution in [-0.4, -0.2) is 11.2 Å². The van der Waals surface area contributed by atoms with Crippen molar-refractivity contribution in [1.82, 2.24) is 0 Å². The fourth-order valence-electron chi connectivity index (χ4n) is 3.35. The highest BCUT2D eigenvalue weighted by molar-refractivity contribution is 4.85. The molecule has 1 aliphatic rings. The Kier molecular flexibility index (Phi) is 6.70. The molecule has 0 saturated heterocycles. The number of rotatable bonds is 6. The number of aliphatic hydroxyl groups is 1. The average Bonchev–Trinajstić information content (AvgIpc) is 2.29. The van der Waals surface area contributed by atoms with Gasteiger partial charge in [0.2, 0.25) is 0 Å². The maximum absolute atomic E-state index is 10.2. The molecule has 0 aromatic carbocycles. The molecule has 108 valence electrons. The van der Waals surface area contributed by atoms with Crippen LogP contribution in [0.15, 0.2) is 0 Å². The molecule has 0 amide bonds. The van der Waals surface area contributed by atoms with Crippen molar-refractivity contribution in [2.75, 3.05) is 0 Å². The first-order valence-corrected chi connectivity index (χ1v) is 8.13. The average molecular weight is 254 g/mol. The van der Waals surface area contributed by atoms with Gasteiger partial charge in [-0.05, 0) is 42.9 Å². The molecule has 0 spiro atoms. The zero-order valence-corrected chi connectivity index (χ0v) is 13.0. The molecule has 1 fully saturated rings. The minimum absolute atomic E-state index is 0.0187. The summed E-state index contributed by atoms with van der Waals surface area (Å²) in [5.41, 5.74) is 0.417. The van der Waals surface area contributed by atoms with Crippen molar-refractivity contribution >= 4 is 0 Å². The summed E-state index contributed by atoms with van der Waals surface area (Å²) in [6, 6.07) is 0. The quantitative estimate of drug-likeness (QED) is 0.648. The Hall–Kier alpha value is -0.0400. The van der Waals surface area contributed by atoms with Crippen molar-refractivity contribution in [1.29, 1.82) is 0 Å².